The first-order chi connectivity index (χ1) is 8.47. The number of carboxylic acids is 1. The zero-order valence-electron chi connectivity index (χ0n) is 9.26. The van der Waals surface area contributed by atoms with Crippen LogP contribution in [0.3, 0.4) is 0 Å². The number of fused-ring (bicyclic) bond motifs is 1. The number of aromatic nitrogens is 2. The molecule has 0 saturated heterocycles. The fourth-order valence-electron chi connectivity index (χ4n) is 1.66. The summed E-state index contributed by atoms with van der Waals surface area (Å²) in [6, 6.07) is 2.23. The number of nitrogens with zero attached hydrogens (tertiary/aromatic N) is 2. The third-order valence-electron chi connectivity index (χ3n) is 2.44. The molecule has 0 aliphatic carbocycles. The minimum atomic E-state index is -0.962. The van der Waals surface area contributed by atoms with Gasteiger partial charge in [-0.05, 0) is 12.1 Å². The van der Waals surface area contributed by atoms with E-state index in [1.807, 2.05) is 0 Å². The van der Waals surface area contributed by atoms with Crippen molar-refractivity contribution in [2.45, 2.75) is 13.0 Å². The van der Waals surface area contributed by atoms with E-state index in [4.69, 9.17) is 10.8 Å². The third-order valence-corrected chi connectivity index (χ3v) is 2.44. The smallest absolute Gasteiger partial charge is 0.305 e. The molecule has 0 spiro atoms. The highest BCUT2D eigenvalue weighted by molar-refractivity contribution is 6.04. The van der Waals surface area contributed by atoms with Crippen LogP contribution in [0.15, 0.2) is 18.3 Å². The Kier molecular flexibility index (Phi) is 2.97. The van der Waals surface area contributed by atoms with Crippen molar-refractivity contribution in [1.82, 2.24) is 9.78 Å². The van der Waals surface area contributed by atoms with E-state index in [1.54, 1.807) is 0 Å². The van der Waals surface area contributed by atoms with E-state index >= 15 is 0 Å². The van der Waals surface area contributed by atoms with Crippen molar-refractivity contribution in [3.63, 3.8) is 0 Å². The topological polar surface area (TPSA) is 98.2 Å². The van der Waals surface area contributed by atoms with E-state index in [-0.39, 0.29) is 24.0 Å². The van der Waals surface area contributed by atoms with Crippen molar-refractivity contribution in [1.29, 1.82) is 0 Å². The molecule has 0 aliphatic heterocycles. The highest BCUT2D eigenvalue weighted by Crippen LogP contribution is 2.19. The molecule has 7 heteroatoms. The minimum absolute atomic E-state index is 0.0147. The van der Waals surface area contributed by atoms with Gasteiger partial charge < -0.3 is 10.8 Å². The van der Waals surface area contributed by atoms with E-state index < -0.39 is 17.7 Å². The molecule has 1 aromatic carbocycles. The van der Waals surface area contributed by atoms with Crippen LogP contribution in [0.4, 0.5) is 4.39 Å². The minimum Gasteiger partial charge on any atom is -0.481 e. The zero-order chi connectivity index (χ0) is 13.3. The number of aryl methyl sites for hydroxylation is 1. The number of carbonyl (C=O) groups excluding carboxylic acids is 1. The maximum absolute atomic E-state index is 13.2. The number of carbonyl (C=O) groups is 2. The highest BCUT2D eigenvalue weighted by Gasteiger charge is 2.13. The Morgan fingerprint density at radius 3 is 2.78 bits per heavy atom. The largest absolute Gasteiger partial charge is 0.481 e. The lowest BCUT2D eigenvalue weighted by atomic mass is 10.1. The molecule has 94 valence electrons. The molecule has 3 N–H and O–H groups in total. The molecule has 0 aliphatic rings. The first kappa shape index (κ1) is 12.0. The fraction of sp³-hybridized carbons (Fsp3) is 0.182. The molecule has 0 atom stereocenters. The average Bonchev–Trinajstić information content (AvgIpc) is 2.67. The molecule has 0 fully saturated rings. The van der Waals surface area contributed by atoms with Gasteiger partial charge in [0.15, 0.2) is 0 Å². The number of halogens is 1. The summed E-state index contributed by atoms with van der Waals surface area (Å²) < 4.78 is 14.6. The predicted octanol–water partition coefficient (Wildman–Crippen LogP) is 0.749. The normalized spacial score (nSPS) is 10.7. The Balaban J connectivity index is 2.46. The third kappa shape index (κ3) is 2.29. The number of amides is 1. The van der Waals surface area contributed by atoms with Gasteiger partial charge in [0.05, 0.1) is 18.5 Å². The quantitative estimate of drug-likeness (QED) is 0.837. The maximum atomic E-state index is 13.2. The van der Waals surface area contributed by atoms with Gasteiger partial charge in [0.25, 0.3) is 5.91 Å². The van der Waals surface area contributed by atoms with E-state index in [0.29, 0.717) is 5.39 Å². The lowest BCUT2D eigenvalue weighted by Gasteiger charge is -1.97. The summed E-state index contributed by atoms with van der Waals surface area (Å²) in [6.07, 6.45) is 1.37. The molecule has 1 amide bonds. The lowest BCUT2D eigenvalue weighted by molar-refractivity contribution is -0.137. The number of benzene rings is 1. The number of hydrogen-bond donors (Lipinski definition) is 2. The van der Waals surface area contributed by atoms with Crippen LogP contribution in [-0.2, 0) is 11.3 Å². The van der Waals surface area contributed by atoms with Crippen LogP contribution >= 0.6 is 0 Å². The monoisotopic (exact) mass is 251 g/mol. The van der Waals surface area contributed by atoms with Crippen LogP contribution < -0.4 is 5.73 Å². The summed E-state index contributed by atoms with van der Waals surface area (Å²) in [5.74, 6) is -2.33. The summed E-state index contributed by atoms with van der Waals surface area (Å²) in [6.45, 7) is 0.143. The van der Waals surface area contributed by atoms with Crippen LogP contribution in [-0.4, -0.2) is 26.8 Å². The van der Waals surface area contributed by atoms with Gasteiger partial charge in [-0.2, -0.15) is 5.10 Å². The molecule has 0 bridgehead atoms. The fourth-order valence-corrected chi connectivity index (χ4v) is 1.66. The zero-order valence-corrected chi connectivity index (χ0v) is 9.26. The molecule has 18 heavy (non-hydrogen) atoms. The Labute approximate surface area is 101 Å². The first-order valence-electron chi connectivity index (χ1n) is 5.15. The van der Waals surface area contributed by atoms with Crippen molar-refractivity contribution < 1.29 is 19.1 Å². The van der Waals surface area contributed by atoms with Crippen LogP contribution in [0.25, 0.3) is 10.9 Å². The Morgan fingerprint density at radius 1 is 1.44 bits per heavy atom. The second-order valence-corrected chi connectivity index (χ2v) is 3.79. The van der Waals surface area contributed by atoms with Crippen LogP contribution in [0.2, 0.25) is 0 Å². The summed E-state index contributed by atoms with van der Waals surface area (Å²) in [4.78, 5) is 21.6. The van der Waals surface area contributed by atoms with Crippen molar-refractivity contribution in [2.24, 2.45) is 5.73 Å². The highest BCUT2D eigenvalue weighted by atomic mass is 19.1. The summed E-state index contributed by atoms with van der Waals surface area (Å²) in [7, 11) is 0. The van der Waals surface area contributed by atoms with E-state index in [0.717, 1.165) is 6.07 Å². The van der Waals surface area contributed by atoms with Crippen LogP contribution in [0.5, 0.6) is 0 Å². The first-order valence-corrected chi connectivity index (χ1v) is 5.15. The Morgan fingerprint density at radius 2 is 2.17 bits per heavy atom. The molecular formula is C11H10FN3O3. The number of primary amides is 1. The number of nitrogens with two attached hydrogens (primary N) is 1. The molecule has 2 aromatic rings. The van der Waals surface area contributed by atoms with Gasteiger partial charge in [-0.15, -0.1) is 0 Å². The van der Waals surface area contributed by atoms with Crippen molar-refractivity contribution in [3.8, 4) is 0 Å². The number of carboxylic acid groups (broad SMARTS) is 1. The van der Waals surface area contributed by atoms with Gasteiger partial charge in [-0.1, -0.05) is 0 Å². The van der Waals surface area contributed by atoms with Gasteiger partial charge in [0, 0.05) is 11.6 Å². The van der Waals surface area contributed by atoms with Gasteiger partial charge in [0.2, 0.25) is 0 Å². The van der Waals surface area contributed by atoms with Gasteiger partial charge in [-0.3, -0.25) is 14.3 Å². The number of hydrogen-bond acceptors (Lipinski definition) is 3. The molecule has 2 rings (SSSR count). The van der Waals surface area contributed by atoms with Crippen molar-refractivity contribution in [2.75, 3.05) is 0 Å². The molecule has 6 nitrogen and oxygen atoms in total. The molecule has 0 radical (unpaired) electrons. The van der Waals surface area contributed by atoms with Gasteiger partial charge >= 0.3 is 5.97 Å². The Bertz CT molecular complexity index is 636. The van der Waals surface area contributed by atoms with Crippen LogP contribution in [0, 0.1) is 5.82 Å². The van der Waals surface area contributed by atoms with Crippen molar-refractivity contribution >= 4 is 22.8 Å². The maximum Gasteiger partial charge on any atom is 0.305 e. The summed E-state index contributed by atoms with van der Waals surface area (Å²) in [5.41, 5.74) is 5.39. The lowest BCUT2D eigenvalue weighted by Crippen LogP contribution is -2.12. The second kappa shape index (κ2) is 4.44. The molecule has 1 heterocycles. The molecule has 0 unspecified atom stereocenters. The predicted molar refractivity (Wildman–Crippen MR) is 60.5 cm³/mol. The number of rotatable bonds is 4. The number of aliphatic carboxylic acids is 1. The van der Waals surface area contributed by atoms with Crippen LogP contribution in [0.1, 0.15) is 16.8 Å². The second-order valence-electron chi connectivity index (χ2n) is 3.79. The molecular weight excluding hydrogens is 241 g/mol. The van der Waals surface area contributed by atoms with Gasteiger partial charge in [0.1, 0.15) is 11.3 Å². The van der Waals surface area contributed by atoms with E-state index in [9.17, 15) is 14.0 Å². The SMILES string of the molecule is NC(=O)c1cc(F)cc2cn(CCC(=O)O)nc12. The molecule has 0 saturated carbocycles. The molecule has 1 aromatic heterocycles. The van der Waals surface area contributed by atoms with E-state index in [1.165, 1.54) is 16.9 Å². The van der Waals surface area contributed by atoms with Gasteiger partial charge in [-0.25, -0.2) is 4.39 Å². The summed E-state index contributed by atoms with van der Waals surface area (Å²) in [5, 5.41) is 13.0. The average molecular weight is 251 g/mol. The van der Waals surface area contributed by atoms with Crippen molar-refractivity contribution in [3.05, 3.63) is 29.7 Å². The standard InChI is InChI=1S/C11H10FN3O3/c12-7-3-6-5-15(2-1-9(16)17)14-10(6)8(4-7)11(13)18/h3-5H,1-2H2,(H2,13,18)(H,16,17). The Hall–Kier alpha value is -2.44. The van der Waals surface area contributed by atoms with E-state index in [2.05, 4.69) is 5.10 Å². The summed E-state index contributed by atoms with van der Waals surface area (Å²) >= 11 is 0.